The molecule has 0 aromatic carbocycles. The number of aryl methyl sites for hydroxylation is 1. The molecule has 3 atom stereocenters. The molecule has 88 valence electrons. The van der Waals surface area contributed by atoms with Crippen molar-refractivity contribution in [2.45, 2.75) is 38.9 Å². The molecular formula is C13H19NO2. The summed E-state index contributed by atoms with van der Waals surface area (Å²) in [7, 11) is 0. The molecule has 0 amide bonds. The highest BCUT2D eigenvalue weighted by molar-refractivity contribution is 5.13. The van der Waals surface area contributed by atoms with E-state index in [1.54, 1.807) is 0 Å². The number of hydrogen-bond donors (Lipinski definition) is 1. The van der Waals surface area contributed by atoms with E-state index >= 15 is 0 Å². The monoisotopic (exact) mass is 221 g/mol. The molecule has 3 heteroatoms. The fraction of sp³-hybridized carbons (Fsp3) is 0.615. The third kappa shape index (κ3) is 2.60. The predicted molar refractivity (Wildman–Crippen MR) is 62.2 cm³/mol. The third-order valence-electron chi connectivity index (χ3n) is 3.21. The summed E-state index contributed by atoms with van der Waals surface area (Å²) in [6.07, 6.45) is 3.00. The lowest BCUT2D eigenvalue weighted by atomic mass is 9.96. The average Bonchev–Trinajstić information content (AvgIpc) is 2.68. The summed E-state index contributed by atoms with van der Waals surface area (Å²) in [6, 6.07) is 3.99. The van der Waals surface area contributed by atoms with Gasteiger partial charge in [0.1, 0.15) is 0 Å². The quantitative estimate of drug-likeness (QED) is 0.845. The van der Waals surface area contributed by atoms with Gasteiger partial charge in [-0.15, -0.1) is 0 Å². The molecular weight excluding hydrogens is 202 g/mol. The Bertz CT molecular complexity index is 336. The lowest BCUT2D eigenvalue weighted by Gasteiger charge is -2.20. The predicted octanol–water partition coefficient (Wildman–Crippen LogP) is 1.72. The number of aliphatic hydroxyl groups is 1. The van der Waals surface area contributed by atoms with Crippen molar-refractivity contribution in [3.05, 3.63) is 29.6 Å². The van der Waals surface area contributed by atoms with Crippen molar-refractivity contribution in [3.8, 4) is 0 Å². The molecule has 0 saturated carbocycles. The minimum atomic E-state index is -0.437. The Morgan fingerprint density at radius 1 is 1.56 bits per heavy atom. The van der Waals surface area contributed by atoms with Gasteiger partial charge in [-0.2, -0.15) is 0 Å². The first kappa shape index (κ1) is 11.6. The van der Waals surface area contributed by atoms with Crippen LogP contribution in [0.25, 0.3) is 0 Å². The second-order valence-electron chi connectivity index (χ2n) is 4.70. The molecule has 1 aromatic rings. The number of aliphatic hydroxyl groups excluding tert-OH is 1. The summed E-state index contributed by atoms with van der Waals surface area (Å²) < 4.78 is 5.55. The number of nitrogens with zero attached hydrogens (tertiary/aromatic N) is 1. The summed E-state index contributed by atoms with van der Waals surface area (Å²) in [6.45, 7) is 4.91. The second-order valence-corrected chi connectivity index (χ2v) is 4.70. The van der Waals surface area contributed by atoms with Crippen LogP contribution in [0.3, 0.4) is 0 Å². The van der Waals surface area contributed by atoms with E-state index in [1.165, 1.54) is 0 Å². The Morgan fingerprint density at radius 3 is 2.94 bits per heavy atom. The van der Waals surface area contributed by atoms with Crippen LogP contribution >= 0.6 is 0 Å². The zero-order valence-corrected chi connectivity index (χ0v) is 9.89. The van der Waals surface area contributed by atoms with Crippen molar-refractivity contribution < 1.29 is 9.84 Å². The van der Waals surface area contributed by atoms with Gasteiger partial charge in [-0.25, -0.2) is 0 Å². The van der Waals surface area contributed by atoms with E-state index in [9.17, 15) is 5.11 Å². The largest absolute Gasteiger partial charge is 0.390 e. The summed E-state index contributed by atoms with van der Waals surface area (Å²) in [5.41, 5.74) is 2.07. The van der Waals surface area contributed by atoms with Crippen LogP contribution in [0.4, 0.5) is 0 Å². The van der Waals surface area contributed by atoms with Crippen LogP contribution in [-0.2, 0) is 11.2 Å². The highest BCUT2D eigenvalue weighted by atomic mass is 16.5. The highest BCUT2D eigenvalue weighted by Gasteiger charge is 2.30. The van der Waals surface area contributed by atoms with Gasteiger partial charge in [0.25, 0.3) is 0 Å². The second kappa shape index (κ2) is 4.93. The number of rotatable bonds is 3. The maximum absolute atomic E-state index is 10.1. The van der Waals surface area contributed by atoms with Crippen LogP contribution in [0, 0.1) is 12.8 Å². The highest BCUT2D eigenvalue weighted by Crippen LogP contribution is 2.24. The van der Waals surface area contributed by atoms with E-state index in [1.807, 2.05) is 25.3 Å². The van der Waals surface area contributed by atoms with Gasteiger partial charge in [0.2, 0.25) is 0 Å². The first-order valence-electron chi connectivity index (χ1n) is 5.88. The van der Waals surface area contributed by atoms with Gasteiger partial charge < -0.3 is 9.84 Å². The van der Waals surface area contributed by atoms with Crippen molar-refractivity contribution in [2.24, 2.45) is 5.92 Å². The van der Waals surface area contributed by atoms with Crippen molar-refractivity contribution in [1.29, 1.82) is 0 Å². The van der Waals surface area contributed by atoms with Crippen molar-refractivity contribution in [1.82, 2.24) is 4.98 Å². The van der Waals surface area contributed by atoms with Crippen LogP contribution in [0.2, 0.25) is 0 Å². The average molecular weight is 221 g/mol. The van der Waals surface area contributed by atoms with Gasteiger partial charge >= 0.3 is 0 Å². The van der Waals surface area contributed by atoms with Crippen molar-refractivity contribution in [2.75, 3.05) is 6.61 Å². The molecule has 16 heavy (non-hydrogen) atoms. The third-order valence-corrected chi connectivity index (χ3v) is 3.21. The molecule has 2 rings (SSSR count). The minimum Gasteiger partial charge on any atom is -0.390 e. The molecule has 1 N–H and O–H groups in total. The van der Waals surface area contributed by atoms with Gasteiger partial charge in [0, 0.05) is 24.9 Å². The number of hydrogen-bond acceptors (Lipinski definition) is 3. The van der Waals surface area contributed by atoms with Crippen LogP contribution in [0.15, 0.2) is 18.3 Å². The SMILES string of the molecule is Cc1ccc(CC(O)C2OCCC2C)nc1. The Labute approximate surface area is 96.5 Å². The smallest absolute Gasteiger partial charge is 0.0864 e. The molecule has 0 radical (unpaired) electrons. The lowest BCUT2D eigenvalue weighted by molar-refractivity contribution is -0.0161. The van der Waals surface area contributed by atoms with Gasteiger partial charge in [-0.05, 0) is 30.9 Å². The Hall–Kier alpha value is -0.930. The standard InChI is InChI=1S/C13H19NO2/c1-9-3-4-11(14-8-9)7-12(15)13-10(2)5-6-16-13/h3-4,8,10,12-13,15H,5-7H2,1-2H3. The number of pyridine rings is 1. The molecule has 1 fully saturated rings. The van der Waals surface area contributed by atoms with E-state index in [0.717, 1.165) is 24.3 Å². The fourth-order valence-corrected chi connectivity index (χ4v) is 2.16. The molecule has 0 aliphatic carbocycles. The molecule has 0 spiro atoms. The van der Waals surface area contributed by atoms with Crippen molar-refractivity contribution >= 4 is 0 Å². The molecule has 2 heterocycles. The fourth-order valence-electron chi connectivity index (χ4n) is 2.16. The molecule has 0 bridgehead atoms. The molecule has 1 saturated heterocycles. The van der Waals surface area contributed by atoms with Crippen LogP contribution < -0.4 is 0 Å². The summed E-state index contributed by atoms with van der Waals surface area (Å²) >= 11 is 0. The van der Waals surface area contributed by atoms with E-state index in [-0.39, 0.29) is 6.10 Å². The van der Waals surface area contributed by atoms with Gasteiger partial charge in [0.15, 0.2) is 0 Å². The topological polar surface area (TPSA) is 42.4 Å². The Kier molecular flexibility index (Phi) is 3.56. The van der Waals surface area contributed by atoms with Crippen LogP contribution in [0.1, 0.15) is 24.6 Å². The zero-order valence-electron chi connectivity index (χ0n) is 9.89. The molecule has 1 aliphatic rings. The van der Waals surface area contributed by atoms with Crippen molar-refractivity contribution in [3.63, 3.8) is 0 Å². The zero-order chi connectivity index (χ0) is 11.5. The van der Waals surface area contributed by atoms with E-state index < -0.39 is 6.10 Å². The Balaban J connectivity index is 1.96. The number of ether oxygens (including phenoxy) is 1. The first-order chi connectivity index (χ1) is 7.66. The minimum absolute atomic E-state index is 0.0249. The van der Waals surface area contributed by atoms with Gasteiger partial charge in [0.05, 0.1) is 12.2 Å². The summed E-state index contributed by atoms with van der Waals surface area (Å²) in [5, 5.41) is 10.1. The van der Waals surface area contributed by atoms with E-state index in [2.05, 4.69) is 11.9 Å². The van der Waals surface area contributed by atoms with Crippen LogP contribution in [0.5, 0.6) is 0 Å². The molecule has 1 aromatic heterocycles. The lowest BCUT2D eigenvalue weighted by Crippen LogP contribution is -2.32. The summed E-state index contributed by atoms with van der Waals surface area (Å²) in [4.78, 5) is 4.30. The normalized spacial score (nSPS) is 26.9. The van der Waals surface area contributed by atoms with Gasteiger partial charge in [-0.3, -0.25) is 4.98 Å². The maximum Gasteiger partial charge on any atom is 0.0864 e. The molecule has 1 aliphatic heterocycles. The van der Waals surface area contributed by atoms with Gasteiger partial charge in [-0.1, -0.05) is 13.0 Å². The Morgan fingerprint density at radius 2 is 2.38 bits per heavy atom. The molecule has 3 nitrogen and oxygen atoms in total. The van der Waals surface area contributed by atoms with Crippen LogP contribution in [-0.4, -0.2) is 28.9 Å². The van der Waals surface area contributed by atoms with E-state index in [0.29, 0.717) is 12.3 Å². The first-order valence-corrected chi connectivity index (χ1v) is 5.88. The summed E-state index contributed by atoms with van der Waals surface area (Å²) in [5.74, 6) is 0.445. The molecule has 3 unspecified atom stereocenters. The maximum atomic E-state index is 10.1. The van der Waals surface area contributed by atoms with E-state index in [4.69, 9.17) is 4.74 Å². The number of aromatic nitrogens is 1.